The van der Waals surface area contributed by atoms with Crippen molar-refractivity contribution in [2.24, 2.45) is 4.99 Å². The van der Waals surface area contributed by atoms with Crippen molar-refractivity contribution in [3.8, 4) is 22.8 Å². The Kier molecular flexibility index (Phi) is 9.57. The number of nitrogens with zero attached hydrogens (tertiary/aromatic N) is 5. The van der Waals surface area contributed by atoms with Gasteiger partial charge in [-0.1, -0.05) is 63.7 Å². The minimum absolute atomic E-state index is 0.0981. The van der Waals surface area contributed by atoms with Gasteiger partial charge in [-0.25, -0.2) is 14.1 Å². The van der Waals surface area contributed by atoms with Crippen molar-refractivity contribution in [1.29, 1.82) is 0 Å². The number of carbonyl (C=O) groups is 1. The first kappa shape index (κ1) is 33.2. The quantitative estimate of drug-likeness (QED) is 0.177. The van der Waals surface area contributed by atoms with Gasteiger partial charge in [0.25, 0.3) is 0 Å². The van der Waals surface area contributed by atoms with Crippen molar-refractivity contribution in [3.63, 3.8) is 0 Å². The standard InChI is InChI=1S/C34H35F4N5O2S/c1-21(2)28-18-25(35)10-15-29(28)43-22(3)16-17-46-32(43)40-30(44)19-33(4,5)24-8-6-23(7-9-24)31-39-20-42(41-31)26-11-13-27(14-12-26)45-34(36,37)38/h6-15,18,20-22H,16-17,19H2,1-5H3. The van der Waals surface area contributed by atoms with Crippen molar-refractivity contribution in [2.45, 2.75) is 71.2 Å². The number of thioether (sulfide) groups is 1. The van der Waals surface area contributed by atoms with E-state index in [0.717, 1.165) is 34.6 Å². The van der Waals surface area contributed by atoms with Crippen LogP contribution in [0.1, 0.15) is 64.5 Å². The molecule has 0 aliphatic carbocycles. The van der Waals surface area contributed by atoms with E-state index < -0.39 is 11.8 Å². The van der Waals surface area contributed by atoms with Gasteiger partial charge in [0.1, 0.15) is 17.9 Å². The van der Waals surface area contributed by atoms with E-state index in [1.54, 1.807) is 23.9 Å². The van der Waals surface area contributed by atoms with Crippen LogP contribution >= 0.6 is 11.8 Å². The number of hydrogen-bond donors (Lipinski definition) is 0. The van der Waals surface area contributed by atoms with Crippen LogP contribution in [0.2, 0.25) is 0 Å². The maximum Gasteiger partial charge on any atom is 0.573 e. The summed E-state index contributed by atoms with van der Waals surface area (Å²) in [6.07, 6.45) is -2.18. The number of ether oxygens (including phenoxy) is 1. The van der Waals surface area contributed by atoms with Crippen molar-refractivity contribution in [3.05, 3.63) is 90.0 Å². The second kappa shape index (κ2) is 13.3. The van der Waals surface area contributed by atoms with Gasteiger partial charge >= 0.3 is 6.36 Å². The molecule has 1 fully saturated rings. The lowest BCUT2D eigenvalue weighted by atomic mass is 9.81. The van der Waals surface area contributed by atoms with Gasteiger partial charge < -0.3 is 9.64 Å². The Morgan fingerprint density at radius 2 is 1.76 bits per heavy atom. The Balaban J connectivity index is 1.29. The second-order valence-electron chi connectivity index (χ2n) is 12.2. The minimum atomic E-state index is -4.76. The number of anilines is 1. The first-order chi connectivity index (χ1) is 21.7. The maximum absolute atomic E-state index is 14.1. The molecular weight excluding hydrogens is 618 g/mol. The minimum Gasteiger partial charge on any atom is -0.406 e. The zero-order chi connectivity index (χ0) is 33.2. The number of hydrogen-bond acceptors (Lipinski definition) is 5. The lowest BCUT2D eigenvalue weighted by Crippen LogP contribution is -2.42. The van der Waals surface area contributed by atoms with E-state index in [1.807, 2.05) is 52.0 Å². The third kappa shape index (κ3) is 7.78. The zero-order valence-corrected chi connectivity index (χ0v) is 27.0. The average molecular weight is 654 g/mol. The monoisotopic (exact) mass is 653 g/mol. The maximum atomic E-state index is 14.1. The van der Waals surface area contributed by atoms with E-state index in [1.165, 1.54) is 41.3 Å². The summed E-state index contributed by atoms with van der Waals surface area (Å²) in [6, 6.07) is 17.8. The predicted molar refractivity (Wildman–Crippen MR) is 173 cm³/mol. The molecule has 5 rings (SSSR count). The fourth-order valence-corrected chi connectivity index (χ4v) is 6.58. The van der Waals surface area contributed by atoms with E-state index >= 15 is 0 Å². The van der Waals surface area contributed by atoms with Crippen LogP contribution in [0.25, 0.3) is 17.1 Å². The fourth-order valence-electron chi connectivity index (χ4n) is 5.36. The van der Waals surface area contributed by atoms with Gasteiger partial charge in [-0.05, 0) is 78.3 Å². The summed E-state index contributed by atoms with van der Waals surface area (Å²) in [5.74, 6) is 0.528. The largest absolute Gasteiger partial charge is 0.573 e. The number of amides is 1. The van der Waals surface area contributed by atoms with E-state index in [-0.39, 0.29) is 35.9 Å². The van der Waals surface area contributed by atoms with Crippen LogP contribution in [-0.2, 0) is 10.2 Å². The van der Waals surface area contributed by atoms with Crippen LogP contribution < -0.4 is 9.64 Å². The topological polar surface area (TPSA) is 72.6 Å². The molecule has 0 saturated carbocycles. The van der Waals surface area contributed by atoms with Crippen LogP contribution in [0.5, 0.6) is 5.75 Å². The molecule has 3 aromatic carbocycles. The van der Waals surface area contributed by atoms with Crippen molar-refractivity contribution >= 4 is 28.5 Å². The molecule has 1 saturated heterocycles. The smallest absolute Gasteiger partial charge is 0.406 e. The number of aromatic nitrogens is 3. The molecule has 4 aromatic rings. The summed E-state index contributed by atoms with van der Waals surface area (Å²) in [7, 11) is 0. The van der Waals surface area contributed by atoms with Crippen molar-refractivity contribution in [2.75, 3.05) is 10.7 Å². The van der Waals surface area contributed by atoms with Crippen LogP contribution in [-0.4, -0.2) is 44.0 Å². The Morgan fingerprint density at radius 1 is 1.07 bits per heavy atom. The molecule has 242 valence electrons. The third-order valence-corrected chi connectivity index (χ3v) is 8.84. The molecule has 7 nitrogen and oxygen atoms in total. The number of aliphatic imine (C=N–C) groups is 1. The number of rotatable bonds is 8. The molecule has 1 atom stereocenters. The second-order valence-corrected chi connectivity index (χ2v) is 13.3. The predicted octanol–water partition coefficient (Wildman–Crippen LogP) is 8.68. The van der Waals surface area contributed by atoms with E-state index in [9.17, 15) is 22.4 Å². The van der Waals surface area contributed by atoms with Gasteiger partial charge in [0, 0.05) is 29.5 Å². The number of alkyl halides is 3. The lowest BCUT2D eigenvalue weighted by Gasteiger charge is -2.37. The molecule has 0 N–H and O–H groups in total. The first-order valence-electron chi connectivity index (χ1n) is 14.9. The Morgan fingerprint density at radius 3 is 2.41 bits per heavy atom. The summed E-state index contributed by atoms with van der Waals surface area (Å²) in [6.45, 7) is 10.1. The highest BCUT2D eigenvalue weighted by Gasteiger charge is 2.32. The summed E-state index contributed by atoms with van der Waals surface area (Å²) >= 11 is 1.54. The van der Waals surface area contributed by atoms with Crippen LogP contribution in [0.3, 0.4) is 0 Å². The Hall–Kier alpha value is -4.19. The van der Waals surface area contributed by atoms with Gasteiger partial charge in [0.15, 0.2) is 11.0 Å². The zero-order valence-electron chi connectivity index (χ0n) is 26.2. The molecule has 2 heterocycles. The van der Waals surface area contributed by atoms with E-state index in [4.69, 9.17) is 0 Å². The summed E-state index contributed by atoms with van der Waals surface area (Å²) in [5.41, 5.74) is 3.43. The summed E-state index contributed by atoms with van der Waals surface area (Å²) in [5, 5.41) is 5.10. The van der Waals surface area contributed by atoms with Crippen molar-refractivity contribution in [1.82, 2.24) is 14.8 Å². The highest BCUT2D eigenvalue weighted by Crippen LogP contribution is 2.36. The molecule has 1 unspecified atom stereocenters. The Labute approximate surface area is 269 Å². The Bertz CT molecular complexity index is 1720. The normalized spacial score (nSPS) is 16.7. The highest BCUT2D eigenvalue weighted by molar-refractivity contribution is 8.14. The van der Waals surface area contributed by atoms with Crippen molar-refractivity contribution < 1.29 is 27.1 Å². The van der Waals surface area contributed by atoms with Gasteiger partial charge in [0.05, 0.1) is 5.69 Å². The van der Waals surface area contributed by atoms with Gasteiger partial charge in [-0.15, -0.1) is 18.3 Å². The molecule has 0 radical (unpaired) electrons. The van der Waals surface area contributed by atoms with Crippen LogP contribution in [0, 0.1) is 5.82 Å². The number of halogens is 4. The number of carbonyl (C=O) groups excluding carboxylic acids is 1. The number of benzene rings is 3. The lowest BCUT2D eigenvalue weighted by molar-refractivity contribution is -0.274. The third-order valence-electron chi connectivity index (χ3n) is 7.85. The highest BCUT2D eigenvalue weighted by atomic mass is 32.2. The fraction of sp³-hybridized carbons (Fsp3) is 0.353. The van der Waals surface area contributed by atoms with Gasteiger partial charge in [-0.3, -0.25) is 4.79 Å². The van der Waals surface area contributed by atoms with Crippen LogP contribution in [0.15, 0.2) is 78.0 Å². The molecule has 1 aliphatic heterocycles. The number of amidine groups is 1. The summed E-state index contributed by atoms with van der Waals surface area (Å²) in [4.78, 5) is 24.4. The molecule has 0 bridgehead atoms. The van der Waals surface area contributed by atoms with E-state index in [2.05, 4.69) is 31.6 Å². The van der Waals surface area contributed by atoms with Crippen LogP contribution in [0.4, 0.5) is 23.2 Å². The molecule has 1 aromatic heterocycles. The molecule has 12 heteroatoms. The SMILES string of the molecule is CC(C)c1cc(F)ccc1N1C(=NC(=O)CC(C)(C)c2ccc(-c3ncn(-c4ccc(OC(F)(F)F)cc4)n3)cc2)SCCC1C. The molecular formula is C34H35F4N5O2S. The molecule has 0 spiro atoms. The van der Waals surface area contributed by atoms with Gasteiger partial charge in [-0.2, -0.15) is 4.99 Å². The average Bonchev–Trinajstić information content (AvgIpc) is 3.47. The summed E-state index contributed by atoms with van der Waals surface area (Å²) < 4.78 is 56.9. The first-order valence-corrected chi connectivity index (χ1v) is 15.9. The molecule has 46 heavy (non-hydrogen) atoms. The molecule has 1 amide bonds. The van der Waals surface area contributed by atoms with Gasteiger partial charge in [0.2, 0.25) is 5.91 Å². The molecule has 1 aliphatic rings. The van der Waals surface area contributed by atoms with E-state index in [0.29, 0.717) is 16.7 Å².